The van der Waals surface area contributed by atoms with Crippen molar-refractivity contribution in [1.29, 1.82) is 0 Å². The molecule has 23 heavy (non-hydrogen) atoms. The Kier molecular flexibility index (Phi) is 4.35. The smallest absolute Gasteiger partial charge is 0.150 e. The maximum Gasteiger partial charge on any atom is 0.150 e. The molecule has 0 spiro atoms. The third kappa shape index (κ3) is 3.55. The van der Waals surface area contributed by atoms with Gasteiger partial charge in [-0.25, -0.2) is 0 Å². The summed E-state index contributed by atoms with van der Waals surface area (Å²) in [5, 5.41) is 0.729. The van der Waals surface area contributed by atoms with Crippen LogP contribution in [0, 0.1) is 0 Å². The van der Waals surface area contributed by atoms with Crippen molar-refractivity contribution >= 4 is 23.0 Å². The van der Waals surface area contributed by atoms with Crippen molar-refractivity contribution in [3.63, 3.8) is 0 Å². The summed E-state index contributed by atoms with van der Waals surface area (Å²) >= 11 is 5.92. The number of hydrogen-bond donors (Lipinski definition) is 1. The van der Waals surface area contributed by atoms with E-state index >= 15 is 0 Å². The monoisotopic (exact) mass is 321 g/mol. The summed E-state index contributed by atoms with van der Waals surface area (Å²) in [6, 6.07) is 23.1. The number of ether oxygens (including phenoxy) is 1. The Hall–Kier alpha value is -2.71. The molecule has 3 aromatic rings. The predicted molar refractivity (Wildman–Crippen MR) is 97.4 cm³/mol. The summed E-state index contributed by atoms with van der Waals surface area (Å²) in [5.41, 5.74) is 9.60. The largest absolute Gasteiger partial charge is 0.455 e. The van der Waals surface area contributed by atoms with Gasteiger partial charge in [0.2, 0.25) is 0 Å². The van der Waals surface area contributed by atoms with E-state index in [0.717, 1.165) is 21.7 Å². The summed E-state index contributed by atoms with van der Waals surface area (Å²) in [6.07, 6.45) is 0. The Balaban J connectivity index is 1.78. The van der Waals surface area contributed by atoms with Crippen LogP contribution in [0.1, 0.15) is 5.56 Å². The SMILES string of the molecule is C=C(Oc1ccccc1N)c1ccc(-c2ccc(Cl)cc2)cc1. The lowest BCUT2D eigenvalue weighted by atomic mass is 10.0. The van der Waals surface area contributed by atoms with Crippen molar-refractivity contribution in [2.75, 3.05) is 5.73 Å². The van der Waals surface area contributed by atoms with Crippen molar-refractivity contribution in [2.24, 2.45) is 0 Å². The van der Waals surface area contributed by atoms with E-state index in [0.29, 0.717) is 17.2 Å². The molecule has 0 aromatic heterocycles. The van der Waals surface area contributed by atoms with E-state index in [-0.39, 0.29) is 0 Å². The predicted octanol–water partition coefficient (Wildman–Crippen LogP) is 5.64. The van der Waals surface area contributed by atoms with Crippen molar-refractivity contribution in [3.8, 4) is 16.9 Å². The molecule has 0 saturated heterocycles. The summed E-state index contributed by atoms with van der Waals surface area (Å²) in [6.45, 7) is 3.98. The quantitative estimate of drug-likeness (QED) is 0.498. The molecule has 0 saturated carbocycles. The van der Waals surface area contributed by atoms with Gasteiger partial charge in [0.15, 0.2) is 0 Å². The van der Waals surface area contributed by atoms with Crippen LogP contribution in [0.25, 0.3) is 16.9 Å². The average Bonchev–Trinajstić information content (AvgIpc) is 2.58. The lowest BCUT2D eigenvalue weighted by molar-refractivity contribution is 0.519. The molecule has 0 amide bonds. The van der Waals surface area contributed by atoms with Gasteiger partial charge < -0.3 is 10.5 Å². The van der Waals surface area contributed by atoms with Gasteiger partial charge in [-0.2, -0.15) is 0 Å². The van der Waals surface area contributed by atoms with E-state index < -0.39 is 0 Å². The molecule has 0 heterocycles. The Morgan fingerprint density at radius 2 is 1.39 bits per heavy atom. The van der Waals surface area contributed by atoms with Crippen LogP contribution in [0.15, 0.2) is 79.4 Å². The molecular weight excluding hydrogens is 306 g/mol. The molecule has 114 valence electrons. The van der Waals surface area contributed by atoms with Gasteiger partial charge in [0.1, 0.15) is 11.5 Å². The molecule has 3 aromatic carbocycles. The van der Waals surface area contributed by atoms with Crippen LogP contribution < -0.4 is 10.5 Å². The highest BCUT2D eigenvalue weighted by atomic mass is 35.5. The summed E-state index contributed by atoms with van der Waals surface area (Å²) in [7, 11) is 0. The summed E-state index contributed by atoms with van der Waals surface area (Å²) in [5.74, 6) is 1.17. The maximum absolute atomic E-state index is 5.92. The van der Waals surface area contributed by atoms with Gasteiger partial charge >= 0.3 is 0 Å². The zero-order chi connectivity index (χ0) is 16.2. The molecule has 3 rings (SSSR count). The van der Waals surface area contributed by atoms with E-state index in [1.54, 1.807) is 6.07 Å². The highest BCUT2D eigenvalue weighted by Gasteiger charge is 2.05. The van der Waals surface area contributed by atoms with E-state index in [9.17, 15) is 0 Å². The van der Waals surface area contributed by atoms with Crippen LogP contribution >= 0.6 is 11.6 Å². The summed E-state index contributed by atoms with van der Waals surface area (Å²) < 4.78 is 5.76. The standard InChI is InChI=1S/C20H16ClNO/c1-14(23-20-5-3-2-4-19(20)22)15-6-8-16(9-7-15)17-10-12-18(21)13-11-17/h2-13H,1,22H2. The number of para-hydroxylation sites is 2. The molecule has 0 aliphatic heterocycles. The van der Waals surface area contributed by atoms with Crippen LogP contribution in [0.4, 0.5) is 5.69 Å². The lowest BCUT2D eigenvalue weighted by Gasteiger charge is -2.11. The van der Waals surface area contributed by atoms with E-state index in [2.05, 4.69) is 6.58 Å². The highest BCUT2D eigenvalue weighted by molar-refractivity contribution is 6.30. The number of nitrogens with two attached hydrogens (primary N) is 1. The first-order valence-corrected chi connectivity index (χ1v) is 7.59. The van der Waals surface area contributed by atoms with Gasteiger partial charge in [-0.15, -0.1) is 0 Å². The van der Waals surface area contributed by atoms with Crippen LogP contribution in [-0.4, -0.2) is 0 Å². The summed E-state index contributed by atoms with van der Waals surface area (Å²) in [4.78, 5) is 0. The van der Waals surface area contributed by atoms with Crippen molar-refractivity contribution in [2.45, 2.75) is 0 Å². The zero-order valence-electron chi connectivity index (χ0n) is 12.5. The van der Waals surface area contributed by atoms with Gasteiger partial charge in [0, 0.05) is 10.6 Å². The average molecular weight is 322 g/mol. The third-order valence-corrected chi connectivity index (χ3v) is 3.79. The first-order valence-electron chi connectivity index (χ1n) is 7.21. The minimum atomic E-state index is 0.561. The van der Waals surface area contributed by atoms with Crippen LogP contribution in [0.5, 0.6) is 5.75 Å². The number of nitrogen functional groups attached to an aromatic ring is 1. The van der Waals surface area contributed by atoms with Crippen LogP contribution in [-0.2, 0) is 0 Å². The first-order chi connectivity index (χ1) is 11.1. The fraction of sp³-hybridized carbons (Fsp3) is 0. The Morgan fingerprint density at radius 1 is 0.826 bits per heavy atom. The normalized spacial score (nSPS) is 10.3. The fourth-order valence-corrected chi connectivity index (χ4v) is 2.38. The van der Waals surface area contributed by atoms with Gasteiger partial charge in [-0.3, -0.25) is 0 Å². The van der Waals surface area contributed by atoms with Crippen molar-refractivity contribution in [3.05, 3.63) is 90.0 Å². The number of halogens is 1. The fourth-order valence-electron chi connectivity index (χ4n) is 2.26. The molecule has 0 aliphatic carbocycles. The molecular formula is C20H16ClNO. The maximum atomic E-state index is 5.92. The van der Waals surface area contributed by atoms with E-state index in [1.165, 1.54) is 0 Å². The minimum absolute atomic E-state index is 0.561. The molecule has 0 atom stereocenters. The molecule has 0 fully saturated rings. The molecule has 2 N–H and O–H groups in total. The number of anilines is 1. The van der Waals surface area contributed by atoms with Gasteiger partial charge in [-0.1, -0.05) is 66.7 Å². The minimum Gasteiger partial charge on any atom is -0.455 e. The van der Waals surface area contributed by atoms with Crippen LogP contribution in [0.2, 0.25) is 5.02 Å². The molecule has 0 bridgehead atoms. The second-order valence-electron chi connectivity index (χ2n) is 5.15. The number of benzene rings is 3. The third-order valence-electron chi connectivity index (χ3n) is 3.54. The number of hydrogen-bond acceptors (Lipinski definition) is 2. The number of rotatable bonds is 4. The molecule has 0 unspecified atom stereocenters. The van der Waals surface area contributed by atoms with Gasteiger partial charge in [-0.05, 0) is 35.4 Å². The second-order valence-corrected chi connectivity index (χ2v) is 5.58. The van der Waals surface area contributed by atoms with E-state index in [4.69, 9.17) is 22.1 Å². The van der Waals surface area contributed by atoms with E-state index in [1.807, 2.05) is 66.7 Å². The topological polar surface area (TPSA) is 35.2 Å². The second kappa shape index (κ2) is 6.59. The molecule has 2 nitrogen and oxygen atoms in total. The van der Waals surface area contributed by atoms with Gasteiger partial charge in [0.05, 0.1) is 5.69 Å². The zero-order valence-corrected chi connectivity index (χ0v) is 13.3. The highest BCUT2D eigenvalue weighted by Crippen LogP contribution is 2.27. The first kappa shape index (κ1) is 15.2. The molecule has 3 heteroatoms. The Morgan fingerprint density at radius 3 is 2.00 bits per heavy atom. The molecule has 0 radical (unpaired) electrons. The van der Waals surface area contributed by atoms with Gasteiger partial charge in [0.25, 0.3) is 0 Å². The van der Waals surface area contributed by atoms with Crippen LogP contribution in [0.3, 0.4) is 0 Å². The molecule has 0 aliphatic rings. The van der Waals surface area contributed by atoms with Crippen molar-refractivity contribution in [1.82, 2.24) is 0 Å². The lowest BCUT2D eigenvalue weighted by Crippen LogP contribution is -1.97. The van der Waals surface area contributed by atoms with Crippen molar-refractivity contribution < 1.29 is 4.74 Å². The Labute approximate surface area is 140 Å². The Bertz CT molecular complexity index is 823.